The van der Waals surface area contributed by atoms with Crippen molar-refractivity contribution in [3.8, 4) is 22.8 Å². The number of nitrogen functional groups attached to an aromatic ring is 1. The molecule has 11 nitrogen and oxygen atoms in total. The number of nitrogens with zero attached hydrogens (tertiary/aromatic N) is 6. The third kappa shape index (κ3) is 4.24. The highest BCUT2D eigenvalue weighted by molar-refractivity contribution is 5.83. The molecule has 12 heteroatoms. The van der Waals surface area contributed by atoms with Gasteiger partial charge in [0.1, 0.15) is 24.8 Å². The topological polar surface area (TPSA) is 137 Å². The van der Waals surface area contributed by atoms with E-state index in [1.807, 2.05) is 22.8 Å². The lowest BCUT2D eigenvalue weighted by molar-refractivity contribution is -0.116. The Morgan fingerprint density at radius 2 is 1.94 bits per heavy atom. The first-order chi connectivity index (χ1) is 17.5. The van der Waals surface area contributed by atoms with Crippen molar-refractivity contribution in [3.63, 3.8) is 0 Å². The van der Waals surface area contributed by atoms with E-state index in [9.17, 15) is 9.18 Å². The first-order valence-corrected chi connectivity index (χ1v) is 11.9. The molecule has 186 valence electrons. The second-order valence-corrected chi connectivity index (χ2v) is 8.94. The number of hydrogen-bond donors (Lipinski definition) is 2. The highest BCUT2D eigenvalue weighted by Crippen LogP contribution is 2.38. The summed E-state index contributed by atoms with van der Waals surface area (Å²) in [5.41, 5.74) is 9.28. The van der Waals surface area contributed by atoms with Gasteiger partial charge in [0.05, 0.1) is 12.2 Å². The predicted molar refractivity (Wildman–Crippen MR) is 128 cm³/mol. The highest BCUT2D eigenvalue weighted by Gasteiger charge is 2.23. The minimum Gasteiger partial charge on any atom is -0.486 e. The maximum atomic E-state index is 14.1. The Morgan fingerprint density at radius 1 is 1.11 bits per heavy atom. The lowest BCUT2D eigenvalue weighted by Gasteiger charge is -2.21. The van der Waals surface area contributed by atoms with E-state index < -0.39 is 6.08 Å². The molecule has 0 atom stereocenters. The van der Waals surface area contributed by atoms with Crippen molar-refractivity contribution in [1.29, 1.82) is 0 Å². The number of anilines is 1. The van der Waals surface area contributed by atoms with Crippen LogP contribution in [0.15, 0.2) is 24.4 Å². The number of nitrogens with two attached hydrogens (primary N) is 1. The van der Waals surface area contributed by atoms with E-state index in [-0.39, 0.29) is 11.6 Å². The van der Waals surface area contributed by atoms with Gasteiger partial charge < -0.3 is 19.8 Å². The maximum Gasteiger partial charge on any atom is 0.312 e. The van der Waals surface area contributed by atoms with E-state index in [0.717, 1.165) is 36.3 Å². The van der Waals surface area contributed by atoms with Crippen LogP contribution < -0.4 is 15.2 Å². The monoisotopic (exact) mass is 492 g/mol. The quantitative estimate of drug-likeness (QED) is 0.371. The molecule has 2 aliphatic heterocycles. The molecule has 1 saturated heterocycles. The number of likely N-dealkylation sites (tertiary alicyclic amines) is 1. The number of aryl methyl sites for hydroxylation is 1. The summed E-state index contributed by atoms with van der Waals surface area (Å²) in [6, 6.07) is 5.74. The van der Waals surface area contributed by atoms with E-state index in [1.54, 1.807) is 6.20 Å². The number of imidazole rings is 1. The Hall–Kier alpha value is -4.06. The number of rotatable bonds is 7. The number of halogens is 1. The van der Waals surface area contributed by atoms with Gasteiger partial charge in [0.15, 0.2) is 28.5 Å². The summed E-state index contributed by atoms with van der Waals surface area (Å²) in [5.74, 6) is 2.24. The minimum atomic E-state index is -0.894. The number of hydrogen-bond acceptors (Lipinski definition) is 9. The standard InChI is InChI=1S/C24H25FN8O3/c25-24-29-22(26)21-23(30-24)33(6-1-5-32-7-3-15(34)13-32)20(28-21)11-14-10-18-19(36-9-8-35-18)12-16(14)17-2-4-27-31-17/h2,4,10,12H,1,3,5-9,11,13H2,(H,27,31)(H2,26,29,30). The lowest BCUT2D eigenvalue weighted by Crippen LogP contribution is -2.23. The molecule has 0 spiro atoms. The van der Waals surface area contributed by atoms with E-state index >= 15 is 0 Å². The first kappa shape index (κ1) is 22.4. The molecule has 1 fully saturated rings. The molecule has 0 radical (unpaired) electrons. The molecule has 4 aromatic rings. The molecule has 2 aliphatic rings. The van der Waals surface area contributed by atoms with Gasteiger partial charge in [-0.15, -0.1) is 0 Å². The number of ether oxygens (including phenoxy) is 2. The van der Waals surface area contributed by atoms with Crippen molar-refractivity contribution in [2.24, 2.45) is 0 Å². The summed E-state index contributed by atoms with van der Waals surface area (Å²) >= 11 is 0. The SMILES string of the molecule is Nc1nc(F)nc2c1nc(Cc1cc3c(cc1-c1cc[nH]n1)OCCO3)n2CCCN1CCC(=O)C1. The molecule has 0 bridgehead atoms. The fourth-order valence-corrected chi connectivity index (χ4v) is 4.84. The molecule has 5 heterocycles. The molecule has 1 aromatic carbocycles. The second kappa shape index (κ2) is 9.19. The van der Waals surface area contributed by atoms with E-state index in [0.29, 0.717) is 67.6 Å². The third-order valence-corrected chi connectivity index (χ3v) is 6.53. The van der Waals surface area contributed by atoms with Gasteiger partial charge in [0, 0.05) is 44.2 Å². The van der Waals surface area contributed by atoms with Gasteiger partial charge in [-0.05, 0) is 30.2 Å². The Bertz CT molecular complexity index is 1440. The summed E-state index contributed by atoms with van der Waals surface area (Å²) in [7, 11) is 0. The van der Waals surface area contributed by atoms with Crippen molar-refractivity contribution < 1.29 is 18.7 Å². The van der Waals surface area contributed by atoms with Gasteiger partial charge in [0.2, 0.25) is 0 Å². The van der Waals surface area contributed by atoms with Crippen LogP contribution in [0.3, 0.4) is 0 Å². The zero-order valence-electron chi connectivity index (χ0n) is 19.5. The Kier molecular flexibility index (Phi) is 5.72. The number of benzene rings is 1. The summed E-state index contributed by atoms with van der Waals surface area (Å²) < 4.78 is 27.6. The van der Waals surface area contributed by atoms with Crippen LogP contribution in [0.5, 0.6) is 11.5 Å². The summed E-state index contributed by atoms with van der Waals surface area (Å²) in [6.07, 6.45) is 2.60. The van der Waals surface area contributed by atoms with Gasteiger partial charge in [-0.3, -0.25) is 14.8 Å². The maximum absolute atomic E-state index is 14.1. The van der Waals surface area contributed by atoms with E-state index in [4.69, 9.17) is 20.2 Å². The van der Waals surface area contributed by atoms with Crippen LogP contribution in [0, 0.1) is 6.08 Å². The highest BCUT2D eigenvalue weighted by atomic mass is 19.1. The van der Waals surface area contributed by atoms with Gasteiger partial charge in [-0.25, -0.2) is 4.98 Å². The third-order valence-electron chi connectivity index (χ3n) is 6.53. The van der Waals surface area contributed by atoms with Gasteiger partial charge in [-0.2, -0.15) is 19.5 Å². The Balaban J connectivity index is 1.38. The number of Topliss-reactive ketones (excluding diaryl/α,β-unsaturated/α-hetero) is 1. The summed E-state index contributed by atoms with van der Waals surface area (Å²) in [4.78, 5) is 26.2. The van der Waals surface area contributed by atoms with Crippen molar-refractivity contribution in [2.45, 2.75) is 25.8 Å². The molecule has 0 saturated carbocycles. The van der Waals surface area contributed by atoms with Crippen molar-refractivity contribution in [1.82, 2.24) is 34.6 Å². The van der Waals surface area contributed by atoms with Crippen LogP contribution in [-0.2, 0) is 17.8 Å². The number of aromatic amines is 1. The van der Waals surface area contributed by atoms with Crippen molar-refractivity contribution in [3.05, 3.63) is 41.9 Å². The number of ketones is 1. The Morgan fingerprint density at radius 3 is 2.69 bits per heavy atom. The van der Waals surface area contributed by atoms with Crippen molar-refractivity contribution in [2.75, 3.05) is 38.6 Å². The van der Waals surface area contributed by atoms with E-state index in [1.165, 1.54) is 0 Å². The van der Waals surface area contributed by atoms with Crippen LogP contribution >= 0.6 is 0 Å². The van der Waals surface area contributed by atoms with Gasteiger partial charge in [-0.1, -0.05) is 0 Å². The van der Waals surface area contributed by atoms with Crippen LogP contribution in [0.4, 0.5) is 10.2 Å². The molecule has 0 amide bonds. The summed E-state index contributed by atoms with van der Waals surface area (Å²) in [5, 5.41) is 7.21. The molecule has 0 unspecified atom stereocenters. The van der Waals surface area contributed by atoms with Gasteiger partial charge in [0.25, 0.3) is 0 Å². The molecule has 3 aromatic heterocycles. The summed E-state index contributed by atoms with van der Waals surface area (Å²) in [6.45, 7) is 3.48. The number of aromatic nitrogens is 6. The average molecular weight is 493 g/mol. The smallest absolute Gasteiger partial charge is 0.312 e. The van der Waals surface area contributed by atoms with Crippen LogP contribution in [-0.4, -0.2) is 73.2 Å². The van der Waals surface area contributed by atoms with Crippen LogP contribution in [0.1, 0.15) is 24.2 Å². The average Bonchev–Trinajstić information content (AvgIpc) is 3.61. The molecule has 36 heavy (non-hydrogen) atoms. The van der Waals surface area contributed by atoms with E-state index in [2.05, 4.69) is 25.1 Å². The normalized spacial score (nSPS) is 15.8. The van der Waals surface area contributed by atoms with Gasteiger partial charge >= 0.3 is 6.08 Å². The number of nitrogens with one attached hydrogen (secondary N) is 1. The Labute approximate surface area is 205 Å². The fourth-order valence-electron chi connectivity index (χ4n) is 4.84. The minimum absolute atomic E-state index is 0.00246. The molecule has 3 N–H and O–H groups in total. The first-order valence-electron chi connectivity index (χ1n) is 11.9. The largest absolute Gasteiger partial charge is 0.486 e. The van der Waals surface area contributed by atoms with Crippen LogP contribution in [0.2, 0.25) is 0 Å². The predicted octanol–water partition coefficient (Wildman–Crippen LogP) is 1.96. The molecular formula is C24H25FN8O3. The molecule has 0 aliphatic carbocycles. The molecule has 6 rings (SSSR count). The lowest BCUT2D eigenvalue weighted by atomic mass is 10.00. The fraction of sp³-hybridized carbons (Fsp3) is 0.375. The molecular weight excluding hydrogens is 467 g/mol. The zero-order chi connectivity index (χ0) is 24.6. The number of carbonyl (C=O) groups excluding carboxylic acids is 1. The number of fused-ring (bicyclic) bond motifs is 2. The zero-order valence-corrected chi connectivity index (χ0v) is 19.5. The number of carbonyl (C=O) groups is 1. The second-order valence-electron chi connectivity index (χ2n) is 8.94. The van der Waals surface area contributed by atoms with Crippen molar-refractivity contribution >= 4 is 22.8 Å². The number of H-pyrrole nitrogens is 1. The van der Waals surface area contributed by atoms with Crippen LogP contribution in [0.25, 0.3) is 22.4 Å².